The lowest BCUT2D eigenvalue weighted by atomic mass is 9.97. The first-order valence-corrected chi connectivity index (χ1v) is 12.6. The van der Waals surface area contributed by atoms with Gasteiger partial charge in [0, 0.05) is 12.3 Å². The number of rotatable bonds is 9. The third-order valence-corrected chi connectivity index (χ3v) is 7.80. The molecule has 31 heavy (non-hydrogen) atoms. The molecular formula is C10H15F2N2O13P3S. The molecule has 0 aromatic carbocycles. The Kier molecular flexibility index (Phi) is 7.94. The van der Waals surface area contributed by atoms with Gasteiger partial charge in [0.05, 0.1) is 6.61 Å². The lowest BCUT2D eigenvalue weighted by Crippen LogP contribution is -2.45. The van der Waals surface area contributed by atoms with Gasteiger partial charge < -0.3 is 29.4 Å². The summed E-state index contributed by atoms with van der Waals surface area (Å²) >= 11 is 4.82. The van der Waals surface area contributed by atoms with Crippen molar-refractivity contribution in [3.8, 4) is 0 Å². The number of nitrogens with zero attached hydrogens (tertiary/aromatic N) is 1. The minimum Gasteiger partial charge on any atom is -0.387 e. The van der Waals surface area contributed by atoms with Gasteiger partial charge in [0.1, 0.15) is 18.9 Å². The van der Waals surface area contributed by atoms with Gasteiger partial charge in [0.15, 0.2) is 11.0 Å². The molecule has 2 heterocycles. The third-order valence-electron chi connectivity index (χ3n) is 3.68. The molecule has 0 saturated carbocycles. The van der Waals surface area contributed by atoms with E-state index in [4.69, 9.17) is 31.6 Å². The molecule has 6 N–H and O–H groups in total. The molecule has 3 unspecified atom stereocenters. The molecule has 0 aliphatic carbocycles. The summed E-state index contributed by atoms with van der Waals surface area (Å²) in [7, 11) is -17.0. The lowest BCUT2D eigenvalue weighted by molar-refractivity contribution is -0.0721. The fraction of sp³-hybridized carbons (Fsp3) is 0.600. The van der Waals surface area contributed by atoms with Gasteiger partial charge in [-0.05, 0) is 12.2 Å². The Hall–Kier alpha value is -0.710. The van der Waals surface area contributed by atoms with Crippen molar-refractivity contribution < 1.29 is 65.0 Å². The van der Waals surface area contributed by atoms with Crippen LogP contribution in [0, 0.1) is 4.77 Å². The Morgan fingerprint density at radius 2 is 1.84 bits per heavy atom. The number of phosphoric acid groups is 3. The second-order valence-electron chi connectivity index (χ2n) is 5.94. The maximum atomic E-state index is 15.1. The number of hydrogen-bond donors (Lipinski definition) is 6. The summed E-state index contributed by atoms with van der Waals surface area (Å²) in [6.45, 7) is -3.06. The number of H-pyrrole nitrogens is 1. The summed E-state index contributed by atoms with van der Waals surface area (Å²) < 4.78 is 78.8. The van der Waals surface area contributed by atoms with Gasteiger partial charge in [0.2, 0.25) is 5.67 Å². The van der Waals surface area contributed by atoms with Crippen LogP contribution in [0.5, 0.6) is 0 Å². The molecule has 6 atom stereocenters. The number of phosphoric ester groups is 1. The Labute approximate surface area is 175 Å². The largest absolute Gasteiger partial charge is 0.490 e. The molecule has 2 rings (SSSR count). The zero-order valence-corrected chi connectivity index (χ0v) is 18.3. The van der Waals surface area contributed by atoms with Crippen LogP contribution in [-0.4, -0.2) is 65.4 Å². The van der Waals surface area contributed by atoms with Crippen molar-refractivity contribution in [2.24, 2.45) is 0 Å². The van der Waals surface area contributed by atoms with E-state index >= 15 is 4.39 Å². The van der Waals surface area contributed by atoms with Crippen LogP contribution in [0.3, 0.4) is 0 Å². The van der Waals surface area contributed by atoms with Crippen molar-refractivity contribution in [3.63, 3.8) is 0 Å². The molecule has 1 aliphatic rings. The SMILES string of the molecule is O=c1ccn([C@@H]2O[C@H](COP(=O)(O)OP(=O)(O)OP(=O)(O)O)C(O)[C@]2(F)CF)c(=S)[nH]1. The molecule has 0 spiro atoms. The van der Waals surface area contributed by atoms with Crippen molar-refractivity contribution in [2.75, 3.05) is 13.3 Å². The molecule has 1 saturated heterocycles. The molecule has 15 nitrogen and oxygen atoms in total. The highest BCUT2D eigenvalue weighted by Crippen LogP contribution is 2.66. The summed E-state index contributed by atoms with van der Waals surface area (Å²) in [5, 5.41) is 10.1. The molecule has 178 valence electrons. The van der Waals surface area contributed by atoms with Crippen LogP contribution in [0.2, 0.25) is 0 Å². The highest BCUT2D eigenvalue weighted by molar-refractivity contribution is 7.71. The Morgan fingerprint density at radius 1 is 1.23 bits per heavy atom. The van der Waals surface area contributed by atoms with E-state index in [1.54, 1.807) is 0 Å². The van der Waals surface area contributed by atoms with E-state index in [-0.39, 0.29) is 0 Å². The van der Waals surface area contributed by atoms with Crippen LogP contribution >= 0.6 is 35.7 Å². The van der Waals surface area contributed by atoms with E-state index in [9.17, 15) is 32.9 Å². The average molecular weight is 534 g/mol. The summed E-state index contributed by atoms with van der Waals surface area (Å²) in [4.78, 5) is 48.7. The topological polar surface area (TPSA) is 227 Å². The number of halogens is 2. The van der Waals surface area contributed by atoms with Crippen LogP contribution in [0.25, 0.3) is 0 Å². The van der Waals surface area contributed by atoms with Gasteiger partial charge in [-0.1, -0.05) is 0 Å². The minimum atomic E-state index is -5.80. The predicted molar refractivity (Wildman–Crippen MR) is 95.4 cm³/mol. The molecule has 1 fully saturated rings. The molecule has 0 bridgehead atoms. The van der Waals surface area contributed by atoms with E-state index < -0.39 is 71.2 Å². The fourth-order valence-corrected chi connectivity index (χ4v) is 5.75. The number of aliphatic hydroxyl groups is 1. The van der Waals surface area contributed by atoms with Crippen LogP contribution < -0.4 is 5.56 Å². The van der Waals surface area contributed by atoms with Crippen LogP contribution in [0.4, 0.5) is 8.78 Å². The summed E-state index contributed by atoms with van der Waals surface area (Å²) in [6.07, 6.45) is -5.23. The maximum absolute atomic E-state index is 15.1. The quantitative estimate of drug-likeness (QED) is 0.184. The molecular weight excluding hydrogens is 519 g/mol. The number of aromatic amines is 1. The second kappa shape index (κ2) is 9.27. The predicted octanol–water partition coefficient (Wildman–Crippen LogP) is 0.185. The van der Waals surface area contributed by atoms with Crippen molar-refractivity contribution in [3.05, 3.63) is 27.4 Å². The second-order valence-corrected chi connectivity index (χ2v) is 10.7. The third kappa shape index (κ3) is 6.65. The van der Waals surface area contributed by atoms with E-state index in [0.29, 0.717) is 0 Å². The van der Waals surface area contributed by atoms with Gasteiger partial charge in [-0.25, -0.2) is 22.5 Å². The summed E-state index contributed by atoms with van der Waals surface area (Å²) in [5.41, 5.74) is -3.84. The van der Waals surface area contributed by atoms with Crippen LogP contribution in [0.1, 0.15) is 6.23 Å². The first-order chi connectivity index (χ1) is 14.0. The Bertz CT molecular complexity index is 1080. The molecule has 1 aromatic heterocycles. The number of aromatic nitrogens is 2. The zero-order valence-electron chi connectivity index (χ0n) is 14.8. The molecule has 21 heteroatoms. The van der Waals surface area contributed by atoms with Gasteiger partial charge in [-0.2, -0.15) is 8.62 Å². The molecule has 1 aromatic rings. The molecule has 0 amide bonds. The average Bonchev–Trinajstić information content (AvgIpc) is 2.82. The highest BCUT2D eigenvalue weighted by Gasteiger charge is 2.59. The lowest BCUT2D eigenvalue weighted by Gasteiger charge is -2.26. The van der Waals surface area contributed by atoms with E-state index in [0.717, 1.165) is 16.8 Å². The van der Waals surface area contributed by atoms with Gasteiger partial charge in [-0.15, -0.1) is 0 Å². The highest BCUT2D eigenvalue weighted by atomic mass is 32.1. The zero-order chi connectivity index (χ0) is 23.8. The first kappa shape index (κ1) is 26.5. The van der Waals surface area contributed by atoms with E-state index in [1.807, 2.05) is 0 Å². The molecule has 1 aliphatic heterocycles. The van der Waals surface area contributed by atoms with Crippen molar-refractivity contribution in [1.82, 2.24) is 9.55 Å². The normalized spacial score (nSPS) is 30.6. The van der Waals surface area contributed by atoms with Crippen LogP contribution in [0.15, 0.2) is 17.1 Å². The standard InChI is InChI=1S/C10H15F2N2O13P3S/c11-4-10(12)7(16)5(25-8(10)14-2-1-6(15)13-9(14)31)3-24-29(20,21)27-30(22,23)26-28(17,18)19/h1-2,5,7-8,16H,3-4H2,(H,20,21)(H,22,23)(H,13,15,31)(H2,17,18,19)/t5-,7?,8-,10-/m1/s1. The van der Waals surface area contributed by atoms with Gasteiger partial charge >= 0.3 is 23.5 Å². The fourth-order valence-electron chi connectivity index (χ4n) is 2.46. The smallest absolute Gasteiger partial charge is 0.387 e. The first-order valence-electron chi connectivity index (χ1n) is 7.68. The van der Waals surface area contributed by atoms with Gasteiger partial charge in [-0.3, -0.25) is 18.9 Å². The number of aliphatic hydroxyl groups excluding tert-OH is 1. The summed E-state index contributed by atoms with van der Waals surface area (Å²) in [5.74, 6) is 0. The number of nitrogens with one attached hydrogen (secondary N) is 1. The number of alkyl halides is 2. The number of hydrogen-bond acceptors (Lipinski definition) is 10. The van der Waals surface area contributed by atoms with Crippen LogP contribution in [-0.2, 0) is 31.6 Å². The minimum absolute atomic E-state index is 0.409. The van der Waals surface area contributed by atoms with E-state index in [2.05, 4.69) is 18.1 Å². The van der Waals surface area contributed by atoms with Crippen molar-refractivity contribution in [1.29, 1.82) is 0 Å². The van der Waals surface area contributed by atoms with E-state index in [1.165, 1.54) is 0 Å². The van der Waals surface area contributed by atoms with Crippen molar-refractivity contribution >= 4 is 35.7 Å². The molecule has 0 radical (unpaired) electrons. The van der Waals surface area contributed by atoms with Crippen molar-refractivity contribution in [2.45, 2.75) is 24.1 Å². The summed E-state index contributed by atoms with van der Waals surface area (Å²) in [6, 6.07) is 0.892. The number of ether oxygens (including phenoxy) is 1. The van der Waals surface area contributed by atoms with Gasteiger partial charge in [0.25, 0.3) is 5.56 Å². The maximum Gasteiger partial charge on any atom is 0.490 e. The Morgan fingerprint density at radius 3 is 2.35 bits per heavy atom. The monoisotopic (exact) mass is 534 g/mol. The Balaban J connectivity index is 2.18.